The predicted octanol–water partition coefficient (Wildman–Crippen LogP) is 9.42. The Kier molecular flexibility index (Phi) is 12.5. The van der Waals surface area contributed by atoms with Crippen LogP contribution in [0.2, 0.25) is 0 Å². The van der Waals surface area contributed by atoms with Crippen molar-refractivity contribution >= 4 is 67.7 Å². The third-order valence-corrected chi connectivity index (χ3v) is 10.5. The number of nitrogens with one attached hydrogen (secondary N) is 2. The summed E-state index contributed by atoms with van der Waals surface area (Å²) in [5, 5.41) is 18.5. The van der Waals surface area contributed by atoms with Gasteiger partial charge >= 0.3 is 0 Å². The van der Waals surface area contributed by atoms with Gasteiger partial charge in [-0.05, 0) is 114 Å². The minimum absolute atomic E-state index is 0.142. The van der Waals surface area contributed by atoms with Gasteiger partial charge in [0.2, 0.25) is 0 Å². The van der Waals surface area contributed by atoms with Crippen LogP contribution in [0.15, 0.2) is 160 Å². The SMILES string of the molecule is NC(=NCCOc1cccc2[nH]c3ccccc3c12)c1cccs1.NC(=Nc1ccc(CCNC(=O)c2ccc(Oc3ccc(O)cc3)cc2)cc1)c1cccs1. The largest absolute Gasteiger partial charge is 0.508 e. The first-order valence-corrected chi connectivity index (χ1v) is 19.9. The highest BCUT2D eigenvalue weighted by Gasteiger charge is 2.10. The Hall–Kier alpha value is -6.89. The Labute approximate surface area is 337 Å². The Morgan fingerprint density at radius 1 is 0.719 bits per heavy atom. The lowest BCUT2D eigenvalue weighted by Gasteiger charge is -2.08. The number of aliphatic imine (C=N–C) groups is 2. The van der Waals surface area contributed by atoms with Gasteiger partial charge < -0.3 is 36.3 Å². The second-order valence-corrected chi connectivity index (χ2v) is 14.6. The summed E-state index contributed by atoms with van der Waals surface area (Å²) >= 11 is 3.14. The topological polar surface area (TPSA) is 160 Å². The highest BCUT2D eigenvalue weighted by molar-refractivity contribution is 7.12. The number of aromatic hydroxyl groups is 1. The molecule has 8 aromatic rings. The first-order valence-electron chi connectivity index (χ1n) is 18.2. The van der Waals surface area contributed by atoms with E-state index in [-0.39, 0.29) is 11.7 Å². The van der Waals surface area contributed by atoms with Gasteiger partial charge in [0.25, 0.3) is 5.91 Å². The molecule has 0 unspecified atom stereocenters. The maximum Gasteiger partial charge on any atom is 0.251 e. The minimum atomic E-state index is -0.142. The molecule has 57 heavy (non-hydrogen) atoms. The second-order valence-electron chi connectivity index (χ2n) is 12.7. The molecule has 10 nitrogen and oxygen atoms in total. The third-order valence-electron chi connectivity index (χ3n) is 8.74. The minimum Gasteiger partial charge on any atom is -0.508 e. The monoisotopic (exact) mass is 792 g/mol. The number of aromatic amines is 1. The summed E-state index contributed by atoms with van der Waals surface area (Å²) in [5.41, 5.74) is 16.6. The zero-order valence-corrected chi connectivity index (χ0v) is 32.4. The summed E-state index contributed by atoms with van der Waals surface area (Å²) in [5.74, 6) is 3.20. The van der Waals surface area contributed by atoms with Gasteiger partial charge in [-0.15, -0.1) is 22.7 Å². The molecule has 3 heterocycles. The first-order chi connectivity index (χ1) is 27.9. The smallest absolute Gasteiger partial charge is 0.251 e. The van der Waals surface area contributed by atoms with Gasteiger partial charge in [0, 0.05) is 28.4 Å². The molecule has 0 aliphatic rings. The number of carbonyl (C=O) groups excluding carboxylic acids is 1. The van der Waals surface area contributed by atoms with E-state index in [0.717, 1.165) is 43.2 Å². The van der Waals surface area contributed by atoms with E-state index < -0.39 is 0 Å². The molecule has 0 aliphatic carbocycles. The second kappa shape index (κ2) is 18.6. The van der Waals surface area contributed by atoms with E-state index in [4.69, 9.17) is 20.9 Å². The van der Waals surface area contributed by atoms with Crippen LogP contribution < -0.4 is 26.3 Å². The number of H-pyrrole nitrogens is 1. The van der Waals surface area contributed by atoms with Crippen LogP contribution in [0.25, 0.3) is 21.8 Å². The molecule has 0 spiro atoms. The number of ether oxygens (including phenoxy) is 2. The van der Waals surface area contributed by atoms with E-state index in [2.05, 4.69) is 38.5 Å². The van der Waals surface area contributed by atoms with Crippen LogP contribution in [0, 0.1) is 0 Å². The zero-order chi connectivity index (χ0) is 39.4. The highest BCUT2D eigenvalue weighted by Crippen LogP contribution is 2.33. The van der Waals surface area contributed by atoms with Crippen molar-refractivity contribution in [3.8, 4) is 23.0 Å². The molecular formula is C45H40N6O4S2. The first kappa shape index (κ1) is 38.4. The number of carbonyl (C=O) groups is 1. The summed E-state index contributed by atoms with van der Waals surface area (Å²) in [4.78, 5) is 26.6. The van der Waals surface area contributed by atoms with Crippen molar-refractivity contribution in [2.24, 2.45) is 21.5 Å². The zero-order valence-electron chi connectivity index (χ0n) is 30.8. The van der Waals surface area contributed by atoms with Crippen LogP contribution in [-0.2, 0) is 6.42 Å². The summed E-state index contributed by atoms with van der Waals surface area (Å²) in [7, 11) is 0. The van der Waals surface area contributed by atoms with Gasteiger partial charge in [-0.25, -0.2) is 4.99 Å². The predicted molar refractivity (Wildman–Crippen MR) is 233 cm³/mol. The quantitative estimate of drug-likeness (QED) is 0.0444. The van der Waals surface area contributed by atoms with Crippen LogP contribution in [-0.4, -0.2) is 47.4 Å². The number of phenolic OH excluding ortho intramolecular Hbond substituents is 1. The number of benzene rings is 5. The van der Waals surface area contributed by atoms with Gasteiger partial charge in [0.15, 0.2) is 0 Å². The van der Waals surface area contributed by atoms with Crippen molar-refractivity contribution in [2.45, 2.75) is 6.42 Å². The Balaban J connectivity index is 0.000000183. The van der Waals surface area contributed by atoms with Gasteiger partial charge in [-0.3, -0.25) is 9.79 Å². The number of amidine groups is 2. The summed E-state index contributed by atoms with van der Waals surface area (Å²) < 4.78 is 11.7. The van der Waals surface area contributed by atoms with Crippen LogP contribution in [0.4, 0.5) is 5.69 Å². The number of para-hydroxylation sites is 1. The molecule has 1 amide bonds. The number of fused-ring (bicyclic) bond motifs is 3. The van der Waals surface area contributed by atoms with Crippen LogP contribution in [0.5, 0.6) is 23.0 Å². The molecule has 0 saturated carbocycles. The molecule has 12 heteroatoms. The summed E-state index contributed by atoms with van der Waals surface area (Å²) in [6, 6.07) is 43.3. The molecule has 7 N–H and O–H groups in total. The number of hydrogen-bond donors (Lipinski definition) is 5. The molecular weight excluding hydrogens is 753 g/mol. The fourth-order valence-electron chi connectivity index (χ4n) is 5.92. The molecule has 0 radical (unpaired) electrons. The molecule has 0 saturated heterocycles. The highest BCUT2D eigenvalue weighted by atomic mass is 32.1. The molecule has 0 fully saturated rings. The van der Waals surface area contributed by atoms with Gasteiger partial charge in [0.05, 0.1) is 27.5 Å². The lowest BCUT2D eigenvalue weighted by Crippen LogP contribution is -2.25. The number of aromatic nitrogens is 1. The van der Waals surface area contributed by atoms with Crippen molar-refractivity contribution in [2.75, 3.05) is 19.7 Å². The van der Waals surface area contributed by atoms with Crippen molar-refractivity contribution < 1.29 is 19.4 Å². The van der Waals surface area contributed by atoms with E-state index in [0.29, 0.717) is 54.9 Å². The molecule has 5 aromatic carbocycles. The van der Waals surface area contributed by atoms with Crippen LogP contribution in [0.1, 0.15) is 25.7 Å². The van der Waals surface area contributed by atoms with E-state index in [1.54, 1.807) is 71.2 Å². The van der Waals surface area contributed by atoms with Crippen molar-refractivity contribution in [3.63, 3.8) is 0 Å². The standard InChI is InChI=1S/C26H23N3O3S.C19H17N3OS/c27-25(24-2-1-17-33-24)29-20-7-3-18(4-8-20)15-16-28-26(31)19-5-11-22(12-6-19)32-23-13-9-21(30)10-14-23;20-19(17-9-4-12-24-17)21-10-11-23-16-8-3-7-15-18(16)13-5-1-2-6-14(13)22-15/h1-14,17,30H,15-16H2,(H2,27,29)(H,28,31);1-9,12,22H,10-11H2,(H2,20,21). The van der Waals surface area contributed by atoms with Gasteiger partial charge in [0.1, 0.15) is 41.3 Å². The molecule has 0 bridgehead atoms. The van der Waals surface area contributed by atoms with E-state index in [1.165, 1.54) is 5.39 Å². The fourth-order valence-corrected chi connectivity index (χ4v) is 7.19. The Bertz CT molecular complexity index is 2580. The molecule has 3 aromatic heterocycles. The van der Waals surface area contributed by atoms with Gasteiger partial charge in [-0.1, -0.05) is 48.5 Å². The third kappa shape index (κ3) is 10.3. The average molecular weight is 793 g/mol. The molecule has 8 rings (SSSR count). The molecule has 0 aliphatic heterocycles. The number of nitrogens with zero attached hydrogens (tertiary/aromatic N) is 2. The molecule has 0 atom stereocenters. The van der Waals surface area contributed by atoms with E-state index in [1.807, 2.05) is 83.6 Å². The maximum atomic E-state index is 12.4. The van der Waals surface area contributed by atoms with Gasteiger partial charge in [-0.2, -0.15) is 0 Å². The Morgan fingerprint density at radius 3 is 2.09 bits per heavy atom. The van der Waals surface area contributed by atoms with Crippen molar-refractivity contribution in [1.82, 2.24) is 10.3 Å². The lowest BCUT2D eigenvalue weighted by atomic mass is 10.1. The lowest BCUT2D eigenvalue weighted by molar-refractivity contribution is 0.0954. The number of phenols is 1. The maximum absolute atomic E-state index is 12.4. The van der Waals surface area contributed by atoms with E-state index in [9.17, 15) is 9.90 Å². The number of rotatable bonds is 13. The number of thiophene rings is 2. The normalized spacial score (nSPS) is 11.6. The van der Waals surface area contributed by atoms with E-state index >= 15 is 0 Å². The van der Waals surface area contributed by atoms with Crippen LogP contribution >= 0.6 is 22.7 Å². The summed E-state index contributed by atoms with van der Waals surface area (Å²) in [6.45, 7) is 1.54. The van der Waals surface area contributed by atoms with Crippen molar-refractivity contribution in [3.05, 3.63) is 171 Å². The number of amides is 1. The Morgan fingerprint density at radius 2 is 1.39 bits per heavy atom. The fraction of sp³-hybridized carbons (Fsp3) is 0.0889. The summed E-state index contributed by atoms with van der Waals surface area (Å²) in [6.07, 6.45) is 0.707. The molecule has 286 valence electrons. The van der Waals surface area contributed by atoms with Crippen molar-refractivity contribution in [1.29, 1.82) is 0 Å². The van der Waals surface area contributed by atoms with Crippen LogP contribution in [0.3, 0.4) is 0 Å². The number of hydrogen-bond acceptors (Lipinski definition) is 8. The average Bonchev–Trinajstić information content (AvgIpc) is 4.04. The number of nitrogens with two attached hydrogens (primary N) is 2.